The fourth-order valence-electron chi connectivity index (χ4n) is 3.82. The summed E-state index contributed by atoms with van der Waals surface area (Å²) in [6.07, 6.45) is 1.53. The lowest BCUT2D eigenvalue weighted by Gasteiger charge is -2.13. The lowest BCUT2D eigenvalue weighted by Crippen LogP contribution is -2.29. The van der Waals surface area contributed by atoms with Crippen LogP contribution >= 0.6 is 0 Å². The van der Waals surface area contributed by atoms with Crippen molar-refractivity contribution in [2.24, 2.45) is 4.99 Å². The summed E-state index contributed by atoms with van der Waals surface area (Å²) in [5, 5.41) is 4.34. The molecule has 0 aliphatic carbocycles. The summed E-state index contributed by atoms with van der Waals surface area (Å²) in [6.45, 7) is 0.664. The van der Waals surface area contributed by atoms with Crippen molar-refractivity contribution in [3.05, 3.63) is 84.9 Å². The molecule has 2 N–H and O–H groups in total. The first-order chi connectivity index (χ1) is 15.6. The van der Waals surface area contributed by atoms with Crippen molar-refractivity contribution in [2.45, 2.75) is 17.7 Å². The Balaban J connectivity index is 1.49. The van der Waals surface area contributed by atoms with Crippen molar-refractivity contribution in [3.8, 4) is 11.1 Å². The van der Waals surface area contributed by atoms with Gasteiger partial charge in [0.25, 0.3) is 10.0 Å². The van der Waals surface area contributed by atoms with Gasteiger partial charge in [0.05, 0.1) is 10.4 Å². The van der Waals surface area contributed by atoms with E-state index < -0.39 is 10.0 Å². The number of fused-ring (bicyclic) bond motifs is 1. The van der Waals surface area contributed by atoms with Crippen molar-refractivity contribution in [1.82, 2.24) is 9.71 Å². The van der Waals surface area contributed by atoms with Crippen LogP contribution in [0.1, 0.15) is 12.8 Å². The number of rotatable bonds is 5. The molecular weight excluding hydrogens is 420 g/mol. The maximum atomic E-state index is 12.8. The van der Waals surface area contributed by atoms with Crippen molar-refractivity contribution in [2.75, 3.05) is 11.9 Å². The zero-order valence-corrected chi connectivity index (χ0v) is 18.1. The van der Waals surface area contributed by atoms with Gasteiger partial charge < -0.3 is 5.32 Å². The summed E-state index contributed by atoms with van der Waals surface area (Å²) >= 11 is 0. The van der Waals surface area contributed by atoms with Crippen molar-refractivity contribution in [1.29, 1.82) is 0 Å². The molecule has 32 heavy (non-hydrogen) atoms. The summed E-state index contributed by atoms with van der Waals surface area (Å²) < 4.78 is 28.1. The van der Waals surface area contributed by atoms with Crippen LogP contribution in [0.2, 0.25) is 0 Å². The van der Waals surface area contributed by atoms with E-state index in [0.29, 0.717) is 30.3 Å². The van der Waals surface area contributed by atoms with Crippen LogP contribution in [0.25, 0.3) is 22.0 Å². The van der Waals surface area contributed by atoms with Crippen molar-refractivity contribution < 1.29 is 8.42 Å². The van der Waals surface area contributed by atoms with E-state index in [-0.39, 0.29) is 4.90 Å². The lowest BCUT2D eigenvalue weighted by molar-refractivity contribution is 0.592. The van der Waals surface area contributed by atoms with E-state index in [2.05, 4.69) is 33.2 Å². The fraction of sp³-hybridized carbons (Fsp3) is 0.120. The quantitative estimate of drug-likeness (QED) is 0.450. The predicted molar refractivity (Wildman–Crippen MR) is 129 cm³/mol. The zero-order valence-electron chi connectivity index (χ0n) is 17.3. The summed E-state index contributed by atoms with van der Waals surface area (Å²) in [5.41, 5.74) is 3.65. The molecule has 0 spiro atoms. The van der Waals surface area contributed by atoms with Gasteiger partial charge in [-0.25, -0.2) is 13.4 Å². The topological polar surface area (TPSA) is 83.5 Å². The molecule has 1 aromatic heterocycles. The third-order valence-corrected chi connectivity index (χ3v) is 6.72. The SMILES string of the molecule is O=S(=O)(NC1=NCCC1)c1cccc(Nc2cc(-c3ccccc3)c3ccccc3n2)c1. The number of para-hydroxylation sites is 1. The molecule has 7 heteroatoms. The molecule has 0 saturated carbocycles. The number of nitrogens with one attached hydrogen (secondary N) is 2. The molecule has 0 saturated heterocycles. The van der Waals surface area contributed by atoms with Crippen LogP contribution in [0, 0.1) is 0 Å². The first-order valence-corrected chi connectivity index (χ1v) is 12.0. The molecule has 160 valence electrons. The van der Waals surface area contributed by atoms with Gasteiger partial charge >= 0.3 is 0 Å². The molecule has 1 aliphatic heterocycles. The summed E-state index contributed by atoms with van der Waals surface area (Å²) in [4.78, 5) is 9.12. The highest BCUT2D eigenvalue weighted by molar-refractivity contribution is 7.90. The Morgan fingerprint density at radius 3 is 2.47 bits per heavy atom. The van der Waals surface area contributed by atoms with Gasteiger partial charge in [0, 0.05) is 24.0 Å². The van der Waals surface area contributed by atoms with E-state index in [9.17, 15) is 8.42 Å². The predicted octanol–water partition coefficient (Wildman–Crippen LogP) is 5.12. The number of sulfonamides is 1. The number of pyridine rings is 1. The van der Waals surface area contributed by atoms with Crippen LogP contribution in [0.5, 0.6) is 0 Å². The largest absolute Gasteiger partial charge is 0.340 e. The number of hydrogen-bond donors (Lipinski definition) is 2. The number of aliphatic imine (C=N–C) groups is 1. The van der Waals surface area contributed by atoms with Gasteiger partial charge in [0.2, 0.25) is 0 Å². The number of benzene rings is 3. The van der Waals surface area contributed by atoms with Crippen LogP contribution in [0.3, 0.4) is 0 Å². The molecule has 0 unspecified atom stereocenters. The molecule has 6 nitrogen and oxygen atoms in total. The van der Waals surface area contributed by atoms with Gasteiger partial charge in [-0.05, 0) is 47.9 Å². The molecule has 1 aliphatic rings. The molecule has 4 aromatic rings. The molecule has 0 fully saturated rings. The molecule has 0 atom stereocenters. The number of hydrogen-bond acceptors (Lipinski definition) is 5. The summed E-state index contributed by atoms with van der Waals surface area (Å²) in [6, 6.07) is 26.8. The minimum atomic E-state index is -3.69. The second-order valence-corrected chi connectivity index (χ2v) is 9.31. The van der Waals surface area contributed by atoms with Crippen LogP contribution in [0.15, 0.2) is 94.8 Å². The molecule has 0 amide bonds. The molecule has 0 radical (unpaired) electrons. The average Bonchev–Trinajstić information content (AvgIpc) is 3.32. The van der Waals surface area contributed by atoms with Gasteiger partial charge in [-0.3, -0.25) is 9.71 Å². The molecule has 0 bridgehead atoms. The van der Waals surface area contributed by atoms with E-state index in [1.807, 2.05) is 48.5 Å². The Bertz CT molecular complexity index is 1420. The van der Waals surface area contributed by atoms with E-state index in [0.717, 1.165) is 28.5 Å². The minimum absolute atomic E-state index is 0.182. The number of anilines is 2. The third-order valence-electron chi connectivity index (χ3n) is 5.34. The maximum Gasteiger partial charge on any atom is 0.262 e. The highest BCUT2D eigenvalue weighted by Crippen LogP contribution is 2.31. The normalized spacial score (nSPS) is 13.7. The van der Waals surface area contributed by atoms with Crippen molar-refractivity contribution >= 4 is 38.3 Å². The highest BCUT2D eigenvalue weighted by atomic mass is 32.2. The molecule has 5 rings (SSSR count). The maximum absolute atomic E-state index is 12.8. The first-order valence-electron chi connectivity index (χ1n) is 10.5. The van der Waals surface area contributed by atoms with Gasteiger partial charge in [-0.15, -0.1) is 0 Å². The van der Waals surface area contributed by atoms with E-state index >= 15 is 0 Å². The van der Waals surface area contributed by atoms with Gasteiger partial charge in [-0.2, -0.15) is 0 Å². The lowest BCUT2D eigenvalue weighted by atomic mass is 10.0. The second kappa shape index (κ2) is 8.43. The van der Waals surface area contributed by atoms with Gasteiger partial charge in [0.15, 0.2) is 0 Å². The van der Waals surface area contributed by atoms with Crippen LogP contribution in [-0.4, -0.2) is 25.8 Å². The van der Waals surface area contributed by atoms with Crippen LogP contribution in [0.4, 0.5) is 11.5 Å². The molecular formula is C25H22N4O2S. The Kier molecular flexibility index (Phi) is 5.33. The fourth-order valence-corrected chi connectivity index (χ4v) is 4.96. The number of nitrogens with zero attached hydrogens (tertiary/aromatic N) is 2. The Morgan fingerprint density at radius 2 is 1.66 bits per heavy atom. The highest BCUT2D eigenvalue weighted by Gasteiger charge is 2.18. The van der Waals surface area contributed by atoms with E-state index in [1.54, 1.807) is 18.2 Å². The average molecular weight is 443 g/mol. The Labute approximate surface area is 187 Å². The standard InChI is InChI=1S/C25H22N4O2S/c30-32(31,29-24-14-7-15-26-24)20-11-6-10-19(16-20)27-25-17-22(18-8-2-1-3-9-18)21-12-4-5-13-23(21)28-25/h1-6,8-13,16-17H,7,14-15H2,(H,26,29)(H,27,28). The zero-order chi connectivity index (χ0) is 22.0. The Morgan fingerprint density at radius 1 is 0.844 bits per heavy atom. The van der Waals surface area contributed by atoms with Gasteiger partial charge in [0.1, 0.15) is 11.7 Å². The summed E-state index contributed by atoms with van der Waals surface area (Å²) in [7, 11) is -3.69. The monoisotopic (exact) mass is 442 g/mol. The van der Waals surface area contributed by atoms with Crippen molar-refractivity contribution in [3.63, 3.8) is 0 Å². The molecule has 2 heterocycles. The third kappa shape index (κ3) is 4.20. The van der Waals surface area contributed by atoms with E-state index in [4.69, 9.17) is 4.98 Å². The van der Waals surface area contributed by atoms with Gasteiger partial charge in [-0.1, -0.05) is 54.6 Å². The second-order valence-electron chi connectivity index (χ2n) is 7.63. The van der Waals surface area contributed by atoms with E-state index in [1.165, 1.54) is 0 Å². The Hall–Kier alpha value is -3.71. The summed E-state index contributed by atoms with van der Waals surface area (Å²) in [5.74, 6) is 1.16. The minimum Gasteiger partial charge on any atom is -0.340 e. The smallest absolute Gasteiger partial charge is 0.262 e. The van der Waals surface area contributed by atoms with Crippen LogP contribution < -0.4 is 10.0 Å². The number of amidine groups is 1. The number of aromatic nitrogens is 1. The first kappa shape index (κ1) is 20.2. The molecule has 3 aromatic carbocycles. The van der Waals surface area contributed by atoms with Crippen LogP contribution in [-0.2, 0) is 10.0 Å².